The minimum atomic E-state index is 0. The second-order valence-electron chi connectivity index (χ2n) is 5.19. The summed E-state index contributed by atoms with van der Waals surface area (Å²) in [6.45, 7) is 7.28. The Hall–Kier alpha value is -0.380. The van der Waals surface area contributed by atoms with Crippen molar-refractivity contribution in [1.29, 1.82) is 0 Å². The van der Waals surface area contributed by atoms with Crippen LogP contribution in [0.2, 0.25) is 0 Å². The Kier molecular flexibility index (Phi) is 10.0. The number of nitrogens with two attached hydrogens (primary N) is 1. The maximum atomic E-state index is 5.94. The lowest BCUT2D eigenvalue weighted by Gasteiger charge is -2.33. The Morgan fingerprint density at radius 3 is 2.91 bits per heavy atom. The number of morpholine rings is 1. The number of guanidine groups is 1. The van der Waals surface area contributed by atoms with Gasteiger partial charge >= 0.3 is 0 Å². The minimum Gasteiger partial charge on any atom is -0.379 e. The van der Waals surface area contributed by atoms with Gasteiger partial charge < -0.3 is 15.8 Å². The molecule has 1 fully saturated rings. The highest BCUT2D eigenvalue weighted by Crippen LogP contribution is 2.26. The molecule has 0 radical (unpaired) electrons. The van der Waals surface area contributed by atoms with E-state index >= 15 is 0 Å². The molecule has 1 aliphatic rings. The van der Waals surface area contributed by atoms with Gasteiger partial charge in [0.1, 0.15) is 0 Å². The predicted octanol–water partition coefficient (Wildman–Crippen LogP) is 2.44. The lowest BCUT2D eigenvalue weighted by Crippen LogP contribution is -2.40. The summed E-state index contributed by atoms with van der Waals surface area (Å²) in [5, 5.41) is 5.30. The van der Waals surface area contributed by atoms with Crippen molar-refractivity contribution >= 4 is 41.3 Å². The number of aliphatic imine (C=N–C) groups is 1. The molecule has 0 aliphatic carbocycles. The van der Waals surface area contributed by atoms with E-state index in [0.717, 1.165) is 45.7 Å². The van der Waals surface area contributed by atoms with Gasteiger partial charge in [-0.25, -0.2) is 0 Å². The Morgan fingerprint density at radius 2 is 2.27 bits per heavy atom. The fraction of sp³-hybridized carbons (Fsp3) is 0.667. The SMILES string of the molecule is CCCCNC(N)=NCC(c1cccs1)N1CCOCC1.I. The fourth-order valence-electron chi connectivity index (χ4n) is 2.39. The molecule has 1 aromatic heterocycles. The molecule has 0 aromatic carbocycles. The summed E-state index contributed by atoms with van der Waals surface area (Å²) in [5.74, 6) is 0.554. The molecule has 0 saturated carbocycles. The van der Waals surface area contributed by atoms with Gasteiger partial charge in [0.2, 0.25) is 0 Å². The number of rotatable bonds is 7. The van der Waals surface area contributed by atoms with Gasteiger partial charge in [0, 0.05) is 24.5 Å². The first-order valence-corrected chi connectivity index (χ1v) is 8.58. The Labute approximate surface area is 154 Å². The summed E-state index contributed by atoms with van der Waals surface area (Å²) in [7, 11) is 0. The average molecular weight is 438 g/mol. The molecule has 5 nitrogen and oxygen atoms in total. The van der Waals surface area contributed by atoms with Gasteiger partial charge in [-0.3, -0.25) is 9.89 Å². The molecule has 1 aliphatic heterocycles. The van der Waals surface area contributed by atoms with Gasteiger partial charge in [-0.05, 0) is 17.9 Å². The Morgan fingerprint density at radius 1 is 1.50 bits per heavy atom. The highest BCUT2D eigenvalue weighted by atomic mass is 127. The molecule has 1 unspecified atom stereocenters. The molecule has 2 rings (SSSR count). The van der Waals surface area contributed by atoms with Crippen LogP contribution in [0.3, 0.4) is 0 Å². The molecule has 0 bridgehead atoms. The van der Waals surface area contributed by atoms with E-state index in [1.807, 2.05) is 0 Å². The van der Waals surface area contributed by atoms with E-state index in [-0.39, 0.29) is 24.0 Å². The average Bonchev–Trinajstić information content (AvgIpc) is 3.03. The van der Waals surface area contributed by atoms with Crippen molar-refractivity contribution in [1.82, 2.24) is 10.2 Å². The molecule has 0 spiro atoms. The monoisotopic (exact) mass is 438 g/mol. The van der Waals surface area contributed by atoms with E-state index in [2.05, 4.69) is 39.6 Å². The highest BCUT2D eigenvalue weighted by Gasteiger charge is 2.23. The maximum absolute atomic E-state index is 5.94. The van der Waals surface area contributed by atoms with E-state index < -0.39 is 0 Å². The van der Waals surface area contributed by atoms with Gasteiger partial charge in [0.05, 0.1) is 25.8 Å². The number of ether oxygens (including phenoxy) is 1. The molecular formula is C15H27IN4OS. The summed E-state index contributed by atoms with van der Waals surface area (Å²) in [6.07, 6.45) is 2.28. The summed E-state index contributed by atoms with van der Waals surface area (Å²) in [6, 6.07) is 4.58. The number of thiophene rings is 1. The van der Waals surface area contributed by atoms with E-state index in [4.69, 9.17) is 10.5 Å². The third-order valence-electron chi connectivity index (χ3n) is 3.63. The maximum Gasteiger partial charge on any atom is 0.188 e. The first-order chi connectivity index (χ1) is 10.3. The quantitative estimate of drug-likeness (QED) is 0.297. The second kappa shape index (κ2) is 11.2. The molecule has 3 N–H and O–H groups in total. The van der Waals surface area contributed by atoms with Crippen LogP contribution in [-0.4, -0.2) is 50.3 Å². The lowest BCUT2D eigenvalue weighted by molar-refractivity contribution is 0.0187. The number of nitrogens with zero attached hydrogens (tertiary/aromatic N) is 2. The van der Waals surface area contributed by atoms with Crippen LogP contribution in [0.25, 0.3) is 0 Å². The third-order valence-corrected chi connectivity index (χ3v) is 4.60. The topological polar surface area (TPSA) is 62.9 Å². The number of nitrogens with one attached hydrogen (secondary N) is 1. The zero-order chi connectivity index (χ0) is 14.9. The van der Waals surface area contributed by atoms with Crippen molar-refractivity contribution in [3.05, 3.63) is 22.4 Å². The van der Waals surface area contributed by atoms with E-state index in [1.165, 1.54) is 4.88 Å². The molecule has 2 heterocycles. The summed E-state index contributed by atoms with van der Waals surface area (Å²) < 4.78 is 5.45. The van der Waals surface area contributed by atoms with Gasteiger partial charge in [-0.15, -0.1) is 35.3 Å². The molecular weight excluding hydrogens is 411 g/mol. The third kappa shape index (κ3) is 6.39. The van der Waals surface area contributed by atoms with Crippen LogP contribution in [0, 0.1) is 0 Å². The smallest absolute Gasteiger partial charge is 0.188 e. The number of hydrogen-bond donors (Lipinski definition) is 2. The van der Waals surface area contributed by atoms with Crippen LogP contribution in [0.4, 0.5) is 0 Å². The Balaban J connectivity index is 0.00000242. The van der Waals surface area contributed by atoms with Crippen molar-refractivity contribution in [2.45, 2.75) is 25.8 Å². The van der Waals surface area contributed by atoms with Crippen molar-refractivity contribution in [3.8, 4) is 0 Å². The summed E-state index contributed by atoms with van der Waals surface area (Å²) >= 11 is 1.78. The van der Waals surface area contributed by atoms with Crippen LogP contribution in [-0.2, 0) is 4.74 Å². The van der Waals surface area contributed by atoms with Gasteiger partial charge in [0.15, 0.2) is 5.96 Å². The van der Waals surface area contributed by atoms with Gasteiger partial charge in [-0.2, -0.15) is 0 Å². The van der Waals surface area contributed by atoms with Crippen molar-refractivity contribution < 1.29 is 4.74 Å². The van der Waals surface area contributed by atoms with Crippen molar-refractivity contribution in [2.75, 3.05) is 39.4 Å². The lowest BCUT2D eigenvalue weighted by atomic mass is 10.2. The standard InChI is InChI=1S/C15H26N4OS.HI/c1-2-3-6-17-15(16)18-12-13(14-5-4-11-21-14)19-7-9-20-10-8-19;/h4-5,11,13H,2-3,6-10,12H2,1H3,(H3,16,17,18);1H. The minimum absolute atomic E-state index is 0. The number of hydrogen-bond acceptors (Lipinski definition) is 4. The molecule has 1 aromatic rings. The number of unbranched alkanes of at least 4 members (excludes halogenated alkanes) is 1. The predicted molar refractivity (Wildman–Crippen MR) is 104 cm³/mol. The summed E-state index contributed by atoms with van der Waals surface area (Å²) in [4.78, 5) is 8.33. The van der Waals surface area contributed by atoms with Crippen molar-refractivity contribution in [2.24, 2.45) is 10.7 Å². The van der Waals surface area contributed by atoms with Gasteiger partial charge in [-0.1, -0.05) is 19.4 Å². The van der Waals surface area contributed by atoms with Crippen LogP contribution in [0.15, 0.2) is 22.5 Å². The van der Waals surface area contributed by atoms with E-state index in [0.29, 0.717) is 18.5 Å². The molecule has 1 atom stereocenters. The zero-order valence-corrected chi connectivity index (χ0v) is 16.3. The number of halogens is 1. The van der Waals surface area contributed by atoms with E-state index in [1.54, 1.807) is 11.3 Å². The second-order valence-corrected chi connectivity index (χ2v) is 6.17. The van der Waals surface area contributed by atoms with Crippen LogP contribution >= 0.6 is 35.3 Å². The molecule has 0 amide bonds. The first-order valence-electron chi connectivity index (χ1n) is 7.70. The van der Waals surface area contributed by atoms with Gasteiger partial charge in [0.25, 0.3) is 0 Å². The van der Waals surface area contributed by atoms with Crippen LogP contribution in [0.1, 0.15) is 30.7 Å². The van der Waals surface area contributed by atoms with Crippen LogP contribution in [0.5, 0.6) is 0 Å². The largest absolute Gasteiger partial charge is 0.379 e. The first kappa shape index (κ1) is 19.7. The molecule has 22 heavy (non-hydrogen) atoms. The Bertz CT molecular complexity index is 421. The van der Waals surface area contributed by atoms with Crippen molar-refractivity contribution in [3.63, 3.8) is 0 Å². The molecule has 7 heteroatoms. The summed E-state index contributed by atoms with van der Waals surface area (Å²) in [5.41, 5.74) is 5.94. The van der Waals surface area contributed by atoms with Crippen LogP contribution < -0.4 is 11.1 Å². The molecule has 126 valence electrons. The normalized spacial score (nSPS) is 17.8. The van der Waals surface area contributed by atoms with E-state index in [9.17, 15) is 0 Å². The molecule has 1 saturated heterocycles. The zero-order valence-electron chi connectivity index (χ0n) is 13.2. The highest BCUT2D eigenvalue weighted by molar-refractivity contribution is 14.0. The fourth-order valence-corrected chi connectivity index (χ4v) is 3.24.